The molecule has 2 fully saturated rings. The number of hydrogen-bond donors (Lipinski definition) is 2. The van der Waals surface area contributed by atoms with E-state index in [0.717, 1.165) is 66.2 Å². The Kier molecular flexibility index (Phi) is 10.0. The fourth-order valence-corrected chi connectivity index (χ4v) is 6.79. The molecule has 0 saturated carbocycles. The van der Waals surface area contributed by atoms with Crippen molar-refractivity contribution in [3.05, 3.63) is 88.5 Å². The van der Waals surface area contributed by atoms with Crippen LogP contribution in [-0.4, -0.2) is 88.7 Å². The van der Waals surface area contributed by atoms with Crippen molar-refractivity contribution in [3.8, 4) is 22.6 Å². The molecule has 2 saturated heterocycles. The van der Waals surface area contributed by atoms with Crippen LogP contribution in [0.3, 0.4) is 0 Å². The molecule has 2 N–H and O–H groups in total. The van der Waals surface area contributed by atoms with E-state index in [9.17, 15) is 9.59 Å². The number of carboxylic acid groups (broad SMARTS) is 1. The molecule has 0 radical (unpaired) electrons. The number of morpholine rings is 1. The van der Waals surface area contributed by atoms with E-state index >= 15 is 0 Å². The van der Waals surface area contributed by atoms with Crippen molar-refractivity contribution in [1.29, 1.82) is 0 Å². The fraction of sp³-hybridized carbons (Fsp3) is 0.286. The van der Waals surface area contributed by atoms with Gasteiger partial charge in [-0.3, -0.25) is 14.6 Å². The van der Waals surface area contributed by atoms with Crippen molar-refractivity contribution in [2.24, 2.45) is 0 Å². The number of carboxylic acids is 1. The van der Waals surface area contributed by atoms with E-state index in [1.807, 2.05) is 24.4 Å². The van der Waals surface area contributed by atoms with Gasteiger partial charge in [-0.25, -0.2) is 4.79 Å². The summed E-state index contributed by atoms with van der Waals surface area (Å²) >= 11 is 6.86. The summed E-state index contributed by atoms with van der Waals surface area (Å²) in [7, 11) is 0. The summed E-state index contributed by atoms with van der Waals surface area (Å²) in [5.41, 5.74) is 5.34. The van der Waals surface area contributed by atoms with E-state index in [-0.39, 0.29) is 11.5 Å². The highest BCUT2D eigenvalue weighted by molar-refractivity contribution is 8.26. The van der Waals surface area contributed by atoms with Crippen LogP contribution < -0.4 is 9.47 Å². The lowest BCUT2D eigenvalue weighted by Crippen LogP contribution is -2.38. The lowest BCUT2D eigenvalue weighted by Gasteiger charge is -2.26. The van der Waals surface area contributed by atoms with Crippen LogP contribution in [0, 0.1) is 6.92 Å². The highest BCUT2D eigenvalue weighted by Crippen LogP contribution is 2.37. The Labute approximate surface area is 277 Å². The summed E-state index contributed by atoms with van der Waals surface area (Å²) < 4.78 is 18.1. The van der Waals surface area contributed by atoms with Crippen LogP contribution in [0.15, 0.2) is 71.8 Å². The molecule has 46 heavy (non-hydrogen) atoms. The topological polar surface area (TPSA) is 104 Å². The summed E-state index contributed by atoms with van der Waals surface area (Å²) in [5, 5.41) is 10.2. The van der Waals surface area contributed by atoms with Gasteiger partial charge in [-0.15, -0.1) is 0 Å². The highest BCUT2D eigenvalue weighted by atomic mass is 32.2. The van der Waals surface area contributed by atoms with Gasteiger partial charge in [-0.2, -0.15) is 0 Å². The fourth-order valence-electron chi connectivity index (χ4n) is 5.48. The monoisotopic (exact) mass is 657 g/mol. The molecule has 3 heterocycles. The lowest BCUT2D eigenvalue weighted by molar-refractivity contribution is -0.122. The predicted molar refractivity (Wildman–Crippen MR) is 185 cm³/mol. The number of thioether (sulfide) groups is 1. The molecule has 1 aromatic heterocycles. The summed E-state index contributed by atoms with van der Waals surface area (Å²) in [4.78, 5) is 32.2. The Bertz CT molecular complexity index is 1780. The number of hydrogen-bond acceptors (Lipinski definition) is 8. The average molecular weight is 658 g/mol. The molecule has 11 heteroatoms. The molecule has 6 rings (SSSR count). The zero-order valence-electron chi connectivity index (χ0n) is 25.5. The highest BCUT2D eigenvalue weighted by Gasteiger charge is 2.31. The van der Waals surface area contributed by atoms with E-state index in [1.165, 1.54) is 29.5 Å². The molecule has 2 aliphatic rings. The minimum absolute atomic E-state index is 0.127. The number of nitrogens with one attached hydrogen (secondary N) is 1. The van der Waals surface area contributed by atoms with Crippen LogP contribution in [0.25, 0.3) is 28.1 Å². The SMILES string of the molecule is Cc1c[nH]c2ccc(-c3cc(C=C4SC(=S)N(CCCOc5ccc(C(=O)O)cc5)C4=O)ccc3OCCN3CCOCC3)cc12. The second kappa shape index (κ2) is 14.5. The number of amides is 1. The summed E-state index contributed by atoms with van der Waals surface area (Å²) in [6, 6.07) is 18.6. The molecule has 0 spiro atoms. The maximum atomic E-state index is 13.4. The van der Waals surface area contributed by atoms with Crippen molar-refractivity contribution in [2.45, 2.75) is 13.3 Å². The number of H-pyrrole nitrogens is 1. The van der Waals surface area contributed by atoms with Crippen LogP contribution in [0.1, 0.15) is 27.9 Å². The summed E-state index contributed by atoms with van der Waals surface area (Å²) in [5.74, 6) is 0.258. The minimum Gasteiger partial charge on any atom is -0.494 e. The molecular formula is C35H35N3O6S2. The number of carbonyl (C=O) groups is 2. The number of aryl methyl sites for hydroxylation is 1. The van der Waals surface area contributed by atoms with Gasteiger partial charge in [0.1, 0.15) is 22.4 Å². The third-order valence-electron chi connectivity index (χ3n) is 8.04. The third kappa shape index (κ3) is 7.45. The zero-order valence-corrected chi connectivity index (χ0v) is 27.1. The molecule has 238 valence electrons. The van der Waals surface area contributed by atoms with Crippen LogP contribution in [0.5, 0.6) is 11.5 Å². The van der Waals surface area contributed by atoms with Gasteiger partial charge in [-0.05, 0) is 84.6 Å². The molecule has 0 bridgehead atoms. The first-order chi connectivity index (χ1) is 22.4. The van der Waals surface area contributed by atoms with Crippen molar-refractivity contribution in [2.75, 3.05) is 52.6 Å². The Morgan fingerprint density at radius 2 is 1.85 bits per heavy atom. The molecule has 0 atom stereocenters. The molecule has 0 unspecified atom stereocenters. The number of nitrogens with zero attached hydrogens (tertiary/aromatic N) is 2. The van der Waals surface area contributed by atoms with E-state index < -0.39 is 5.97 Å². The van der Waals surface area contributed by atoms with Gasteiger partial charge in [0.25, 0.3) is 5.91 Å². The third-order valence-corrected chi connectivity index (χ3v) is 9.42. The van der Waals surface area contributed by atoms with Gasteiger partial charge in [0.15, 0.2) is 0 Å². The number of aromatic carboxylic acids is 1. The Balaban J connectivity index is 1.15. The van der Waals surface area contributed by atoms with Crippen LogP contribution in [0.2, 0.25) is 0 Å². The van der Waals surface area contributed by atoms with Gasteiger partial charge < -0.3 is 24.3 Å². The van der Waals surface area contributed by atoms with Crippen LogP contribution in [-0.2, 0) is 9.53 Å². The predicted octanol–water partition coefficient (Wildman–Crippen LogP) is 6.22. The van der Waals surface area contributed by atoms with E-state index in [4.69, 9.17) is 31.5 Å². The smallest absolute Gasteiger partial charge is 0.335 e. The van der Waals surface area contributed by atoms with E-state index in [1.54, 1.807) is 17.0 Å². The summed E-state index contributed by atoms with van der Waals surface area (Å²) in [6.45, 7) is 7.58. The van der Waals surface area contributed by atoms with Gasteiger partial charge in [-0.1, -0.05) is 36.1 Å². The number of thiocarbonyl (C=S) groups is 1. The molecule has 3 aromatic carbocycles. The summed E-state index contributed by atoms with van der Waals surface area (Å²) in [6.07, 6.45) is 4.47. The maximum Gasteiger partial charge on any atom is 0.335 e. The minimum atomic E-state index is -0.984. The molecule has 4 aromatic rings. The molecule has 0 aliphatic carbocycles. The standard InChI is InChI=1S/C35H35N3O6S2/c1-23-22-36-30-9-6-26(21-28(23)30)29-19-24(3-10-31(29)44-18-14-37-12-16-42-17-13-37)20-32-33(39)38(35(45)46-32)11-2-15-43-27-7-4-25(5-8-27)34(40)41/h3-10,19-22,36H,2,11-18H2,1H3,(H,40,41). The van der Waals surface area contributed by atoms with Crippen molar-refractivity contribution < 1.29 is 28.9 Å². The Morgan fingerprint density at radius 1 is 1.04 bits per heavy atom. The second-order valence-corrected chi connectivity index (χ2v) is 12.8. The first kappa shape index (κ1) is 31.8. The number of aromatic nitrogens is 1. The molecular weight excluding hydrogens is 623 g/mol. The normalized spacial score (nSPS) is 16.5. The lowest BCUT2D eigenvalue weighted by atomic mass is 9.99. The Hall–Kier alpha value is -4.16. The molecule has 9 nitrogen and oxygen atoms in total. The first-order valence-corrected chi connectivity index (χ1v) is 16.4. The molecule has 1 amide bonds. The van der Waals surface area contributed by atoms with Gasteiger partial charge in [0.2, 0.25) is 0 Å². The van der Waals surface area contributed by atoms with Gasteiger partial charge in [0, 0.05) is 48.8 Å². The van der Waals surface area contributed by atoms with Crippen molar-refractivity contribution in [1.82, 2.24) is 14.8 Å². The van der Waals surface area contributed by atoms with E-state index in [0.29, 0.717) is 41.2 Å². The van der Waals surface area contributed by atoms with E-state index in [2.05, 4.69) is 41.1 Å². The van der Waals surface area contributed by atoms with Crippen LogP contribution in [0.4, 0.5) is 0 Å². The van der Waals surface area contributed by atoms with Crippen molar-refractivity contribution >= 4 is 57.2 Å². The number of rotatable bonds is 12. The average Bonchev–Trinajstić information content (AvgIpc) is 3.57. The van der Waals surface area contributed by atoms with Crippen LogP contribution >= 0.6 is 24.0 Å². The maximum absolute atomic E-state index is 13.4. The number of fused-ring (bicyclic) bond motifs is 1. The quantitative estimate of drug-likeness (QED) is 0.104. The number of ether oxygens (including phenoxy) is 3. The van der Waals surface area contributed by atoms with Crippen molar-refractivity contribution in [3.63, 3.8) is 0 Å². The zero-order chi connectivity index (χ0) is 32.0. The number of carbonyl (C=O) groups excluding carboxylic acids is 1. The first-order valence-electron chi connectivity index (χ1n) is 15.2. The number of benzene rings is 3. The van der Waals surface area contributed by atoms with Gasteiger partial charge in [0.05, 0.1) is 30.3 Å². The van der Waals surface area contributed by atoms with Gasteiger partial charge >= 0.3 is 5.97 Å². The second-order valence-electron chi connectivity index (χ2n) is 11.2. The number of aromatic amines is 1. The molecule has 2 aliphatic heterocycles. The Morgan fingerprint density at radius 3 is 2.63 bits per heavy atom. The largest absolute Gasteiger partial charge is 0.494 e.